The van der Waals surface area contributed by atoms with Gasteiger partial charge in [0.2, 0.25) is 0 Å². The van der Waals surface area contributed by atoms with E-state index in [0.717, 1.165) is 0 Å². The van der Waals surface area contributed by atoms with Crippen molar-refractivity contribution in [3.8, 4) is 5.75 Å². The summed E-state index contributed by atoms with van der Waals surface area (Å²) < 4.78 is 28.5. The van der Waals surface area contributed by atoms with Gasteiger partial charge in [-0.05, 0) is 24.1 Å². The summed E-state index contributed by atoms with van der Waals surface area (Å²) in [7, 11) is -1.91. The van der Waals surface area contributed by atoms with Crippen LogP contribution in [-0.4, -0.2) is 32.8 Å². The summed E-state index contributed by atoms with van der Waals surface area (Å²) in [6.07, 6.45) is 0. The Kier molecular flexibility index (Phi) is 5.38. The number of hydrogen-bond acceptors (Lipinski definition) is 4. The third kappa shape index (κ3) is 4.84. The maximum Gasteiger partial charge on any atom is 0.177 e. The molecule has 1 aromatic carbocycles. The average Bonchev–Trinajstić information content (AvgIpc) is 2.26. The molecule has 4 nitrogen and oxygen atoms in total. The van der Waals surface area contributed by atoms with Crippen LogP contribution in [0.3, 0.4) is 0 Å². The molecule has 0 atom stereocenters. The van der Waals surface area contributed by atoms with Crippen LogP contribution in [0.5, 0.6) is 5.75 Å². The minimum absolute atomic E-state index is 0.00254. The molecule has 0 aliphatic carbocycles. The summed E-state index contributed by atoms with van der Waals surface area (Å²) in [5.74, 6) is -0.498. The van der Waals surface area contributed by atoms with Crippen molar-refractivity contribution in [2.24, 2.45) is 5.92 Å². The quantitative estimate of drug-likeness (QED) is 0.758. The Hall–Kier alpha value is -1.07. The molecule has 0 amide bonds. The fraction of sp³-hybridized carbons (Fsp3) is 0.462. The van der Waals surface area contributed by atoms with E-state index in [0.29, 0.717) is 5.75 Å². The van der Waals surface area contributed by atoms with E-state index in [1.807, 2.05) is 0 Å². The number of hydrogen-bond donors (Lipinski definition) is 0. The first-order chi connectivity index (χ1) is 8.75. The van der Waals surface area contributed by atoms with Crippen LogP contribution >= 0.6 is 11.6 Å². The highest BCUT2D eigenvalue weighted by atomic mass is 35.5. The molecule has 0 radical (unpaired) electrons. The lowest BCUT2D eigenvalue weighted by molar-refractivity contribution is 0.102. The monoisotopic (exact) mass is 304 g/mol. The van der Waals surface area contributed by atoms with Crippen LogP contribution in [0.2, 0.25) is 5.02 Å². The molecule has 0 N–H and O–H groups in total. The highest BCUT2D eigenvalue weighted by Crippen LogP contribution is 2.25. The van der Waals surface area contributed by atoms with Crippen molar-refractivity contribution in [1.82, 2.24) is 0 Å². The van der Waals surface area contributed by atoms with Crippen LogP contribution in [0, 0.1) is 5.92 Å². The van der Waals surface area contributed by atoms with Crippen LogP contribution in [0.25, 0.3) is 0 Å². The fourth-order valence-corrected chi connectivity index (χ4v) is 3.65. The van der Waals surface area contributed by atoms with Crippen LogP contribution in [0.1, 0.15) is 24.2 Å². The summed E-state index contributed by atoms with van der Waals surface area (Å²) in [6, 6.07) is 4.48. The second kappa shape index (κ2) is 6.39. The normalized spacial score (nSPS) is 11.6. The van der Waals surface area contributed by atoms with E-state index >= 15 is 0 Å². The summed E-state index contributed by atoms with van der Waals surface area (Å²) >= 11 is 5.90. The van der Waals surface area contributed by atoms with Crippen molar-refractivity contribution in [2.75, 3.05) is 18.6 Å². The Morgan fingerprint density at radius 1 is 1.37 bits per heavy atom. The molecule has 0 aromatic heterocycles. The standard InChI is InChI=1S/C13H17ClO4S/c1-9(2)7-19(16,17)8-12(15)10-4-5-13(18-3)11(14)6-10/h4-6,9H,7-8H2,1-3H3. The van der Waals surface area contributed by atoms with E-state index in [1.54, 1.807) is 19.9 Å². The smallest absolute Gasteiger partial charge is 0.177 e. The molecule has 0 fully saturated rings. The third-order valence-electron chi connectivity index (χ3n) is 2.41. The molecule has 6 heteroatoms. The molecule has 0 saturated carbocycles. The van der Waals surface area contributed by atoms with Crippen LogP contribution < -0.4 is 4.74 Å². The molecule has 0 spiro atoms. The topological polar surface area (TPSA) is 60.4 Å². The molecule has 1 rings (SSSR count). The van der Waals surface area contributed by atoms with Crippen molar-refractivity contribution in [2.45, 2.75) is 13.8 Å². The lowest BCUT2D eigenvalue weighted by Crippen LogP contribution is -2.21. The molecular weight excluding hydrogens is 288 g/mol. The molecule has 0 unspecified atom stereocenters. The lowest BCUT2D eigenvalue weighted by Gasteiger charge is -2.08. The highest BCUT2D eigenvalue weighted by molar-refractivity contribution is 7.92. The number of methoxy groups -OCH3 is 1. The number of sulfone groups is 1. The van der Waals surface area contributed by atoms with Gasteiger partial charge in [0.15, 0.2) is 15.6 Å². The second-order valence-electron chi connectivity index (χ2n) is 4.72. The van der Waals surface area contributed by atoms with Gasteiger partial charge in [0.05, 0.1) is 17.9 Å². The summed E-state index contributed by atoms with van der Waals surface area (Å²) in [5, 5.41) is 0.287. The number of ketones is 1. The Bertz CT molecular complexity index is 564. The Morgan fingerprint density at radius 2 is 2.00 bits per heavy atom. The van der Waals surface area contributed by atoms with Gasteiger partial charge in [0, 0.05) is 5.56 Å². The lowest BCUT2D eigenvalue weighted by atomic mass is 10.1. The SMILES string of the molecule is COc1ccc(C(=O)CS(=O)(=O)CC(C)C)cc1Cl. The predicted octanol–water partition coefficient (Wildman–Crippen LogP) is 2.60. The number of Topliss-reactive ketones (excluding diaryl/α,β-unsaturated/α-hetero) is 1. The predicted molar refractivity (Wildman–Crippen MR) is 75.8 cm³/mol. The van der Waals surface area contributed by atoms with E-state index in [9.17, 15) is 13.2 Å². The van der Waals surface area contributed by atoms with Crippen LogP contribution in [-0.2, 0) is 9.84 Å². The minimum atomic E-state index is -3.38. The van der Waals surface area contributed by atoms with E-state index in [-0.39, 0.29) is 22.3 Å². The molecule has 19 heavy (non-hydrogen) atoms. The maximum atomic E-state index is 11.9. The van der Waals surface area contributed by atoms with Crippen molar-refractivity contribution in [3.63, 3.8) is 0 Å². The van der Waals surface area contributed by atoms with Crippen LogP contribution in [0.4, 0.5) is 0 Å². The molecule has 0 bridgehead atoms. The number of ether oxygens (including phenoxy) is 1. The number of benzene rings is 1. The third-order valence-corrected chi connectivity index (χ3v) is 4.58. The van der Waals surface area contributed by atoms with Crippen molar-refractivity contribution in [3.05, 3.63) is 28.8 Å². The largest absolute Gasteiger partial charge is 0.495 e. The van der Waals surface area contributed by atoms with Gasteiger partial charge in [-0.2, -0.15) is 0 Å². The van der Waals surface area contributed by atoms with Gasteiger partial charge < -0.3 is 4.74 Å². The van der Waals surface area contributed by atoms with Gasteiger partial charge in [-0.3, -0.25) is 4.79 Å². The molecule has 0 aliphatic rings. The molecule has 0 heterocycles. The summed E-state index contributed by atoms with van der Waals surface area (Å²) in [4.78, 5) is 11.9. The van der Waals surface area contributed by atoms with E-state index in [1.165, 1.54) is 19.2 Å². The molecule has 0 aliphatic heterocycles. The van der Waals surface area contributed by atoms with Gasteiger partial charge in [0.25, 0.3) is 0 Å². The zero-order valence-electron chi connectivity index (χ0n) is 11.1. The first-order valence-corrected chi connectivity index (χ1v) is 8.02. The Morgan fingerprint density at radius 3 is 2.47 bits per heavy atom. The first-order valence-electron chi connectivity index (χ1n) is 5.82. The van der Waals surface area contributed by atoms with E-state index in [2.05, 4.69) is 0 Å². The molecule has 0 saturated heterocycles. The van der Waals surface area contributed by atoms with Gasteiger partial charge in [0.1, 0.15) is 11.5 Å². The summed E-state index contributed by atoms with van der Waals surface area (Å²) in [5.41, 5.74) is 0.276. The Balaban J connectivity index is 2.87. The molecular formula is C13H17ClO4S. The zero-order chi connectivity index (χ0) is 14.6. The number of carbonyl (C=O) groups is 1. The van der Waals surface area contributed by atoms with Gasteiger partial charge in [-0.25, -0.2) is 8.42 Å². The van der Waals surface area contributed by atoms with Gasteiger partial charge in [-0.1, -0.05) is 25.4 Å². The average molecular weight is 305 g/mol. The summed E-state index contributed by atoms with van der Waals surface area (Å²) in [6.45, 7) is 3.60. The molecule has 1 aromatic rings. The highest BCUT2D eigenvalue weighted by Gasteiger charge is 2.20. The number of carbonyl (C=O) groups excluding carboxylic acids is 1. The first kappa shape index (κ1) is 16.0. The molecule has 106 valence electrons. The van der Waals surface area contributed by atoms with Gasteiger partial charge in [-0.15, -0.1) is 0 Å². The van der Waals surface area contributed by atoms with Crippen molar-refractivity contribution < 1.29 is 17.9 Å². The fourth-order valence-electron chi connectivity index (χ4n) is 1.69. The second-order valence-corrected chi connectivity index (χ2v) is 7.24. The zero-order valence-corrected chi connectivity index (χ0v) is 12.7. The maximum absolute atomic E-state index is 11.9. The van der Waals surface area contributed by atoms with Gasteiger partial charge >= 0.3 is 0 Å². The Labute approximate surface area is 118 Å². The minimum Gasteiger partial charge on any atom is -0.495 e. The van der Waals surface area contributed by atoms with Crippen LogP contribution in [0.15, 0.2) is 18.2 Å². The number of halogens is 1. The van der Waals surface area contributed by atoms with E-state index < -0.39 is 21.4 Å². The van der Waals surface area contributed by atoms with E-state index in [4.69, 9.17) is 16.3 Å². The number of rotatable bonds is 6. The van der Waals surface area contributed by atoms with Crippen molar-refractivity contribution >= 4 is 27.2 Å². The van der Waals surface area contributed by atoms with Crippen molar-refractivity contribution in [1.29, 1.82) is 0 Å².